The SMILES string of the molecule is CCN1C(=O)C(Cc2cc(C)cc(C)c2)Oc2cc(O)ccc21. The van der Waals surface area contributed by atoms with Crippen molar-refractivity contribution in [1.29, 1.82) is 0 Å². The number of hydrogen-bond donors (Lipinski definition) is 1. The fraction of sp³-hybridized carbons (Fsp3) is 0.316. The van der Waals surface area contributed by atoms with Gasteiger partial charge in [-0.05, 0) is 38.5 Å². The van der Waals surface area contributed by atoms with Crippen molar-refractivity contribution in [2.75, 3.05) is 11.4 Å². The first-order valence-electron chi connectivity index (χ1n) is 7.86. The summed E-state index contributed by atoms with van der Waals surface area (Å²) in [5.41, 5.74) is 4.15. The van der Waals surface area contributed by atoms with E-state index in [1.807, 2.05) is 20.8 Å². The van der Waals surface area contributed by atoms with Crippen LogP contribution in [-0.2, 0) is 11.2 Å². The van der Waals surface area contributed by atoms with Crippen molar-refractivity contribution >= 4 is 11.6 Å². The van der Waals surface area contributed by atoms with Crippen molar-refractivity contribution in [3.63, 3.8) is 0 Å². The molecule has 0 bridgehead atoms. The molecule has 0 fully saturated rings. The number of carbonyl (C=O) groups is 1. The molecule has 1 N–H and O–H groups in total. The van der Waals surface area contributed by atoms with E-state index in [0.29, 0.717) is 24.4 Å². The van der Waals surface area contributed by atoms with E-state index in [2.05, 4.69) is 18.2 Å². The van der Waals surface area contributed by atoms with Crippen molar-refractivity contribution in [1.82, 2.24) is 0 Å². The molecule has 1 atom stereocenters. The van der Waals surface area contributed by atoms with Crippen molar-refractivity contribution in [2.24, 2.45) is 0 Å². The Morgan fingerprint density at radius 2 is 1.83 bits per heavy atom. The van der Waals surface area contributed by atoms with Gasteiger partial charge < -0.3 is 14.7 Å². The molecule has 0 aliphatic carbocycles. The first-order chi connectivity index (χ1) is 11.0. The third kappa shape index (κ3) is 3.02. The Labute approximate surface area is 136 Å². The largest absolute Gasteiger partial charge is 0.508 e. The molecule has 1 aliphatic rings. The van der Waals surface area contributed by atoms with E-state index in [1.54, 1.807) is 23.1 Å². The summed E-state index contributed by atoms with van der Waals surface area (Å²) < 4.78 is 5.89. The van der Waals surface area contributed by atoms with E-state index in [1.165, 1.54) is 11.1 Å². The maximum atomic E-state index is 12.7. The van der Waals surface area contributed by atoms with Crippen LogP contribution in [0.25, 0.3) is 0 Å². The monoisotopic (exact) mass is 311 g/mol. The van der Waals surface area contributed by atoms with Crippen LogP contribution in [0, 0.1) is 13.8 Å². The van der Waals surface area contributed by atoms with Crippen LogP contribution in [0.3, 0.4) is 0 Å². The number of likely N-dealkylation sites (N-methyl/N-ethyl adjacent to an activating group) is 1. The van der Waals surface area contributed by atoms with Gasteiger partial charge in [-0.25, -0.2) is 0 Å². The summed E-state index contributed by atoms with van der Waals surface area (Å²) in [4.78, 5) is 14.4. The van der Waals surface area contributed by atoms with Gasteiger partial charge in [-0.1, -0.05) is 29.3 Å². The van der Waals surface area contributed by atoms with Crippen molar-refractivity contribution in [2.45, 2.75) is 33.3 Å². The van der Waals surface area contributed by atoms with E-state index in [0.717, 1.165) is 5.56 Å². The number of benzene rings is 2. The maximum absolute atomic E-state index is 12.7. The first-order valence-corrected chi connectivity index (χ1v) is 7.86. The highest BCUT2D eigenvalue weighted by Crippen LogP contribution is 2.37. The second-order valence-electron chi connectivity index (χ2n) is 6.04. The van der Waals surface area contributed by atoms with E-state index < -0.39 is 6.10 Å². The van der Waals surface area contributed by atoms with Gasteiger partial charge in [0.2, 0.25) is 0 Å². The molecule has 4 nitrogen and oxygen atoms in total. The number of aryl methyl sites for hydroxylation is 2. The number of aromatic hydroxyl groups is 1. The molecule has 2 aromatic carbocycles. The smallest absolute Gasteiger partial charge is 0.268 e. The summed E-state index contributed by atoms with van der Waals surface area (Å²) >= 11 is 0. The van der Waals surface area contributed by atoms with Crippen LogP contribution in [0.5, 0.6) is 11.5 Å². The zero-order chi connectivity index (χ0) is 16.6. The summed E-state index contributed by atoms with van der Waals surface area (Å²) in [6.07, 6.45) is -0.0436. The van der Waals surface area contributed by atoms with Crippen molar-refractivity contribution < 1.29 is 14.6 Å². The van der Waals surface area contributed by atoms with Crippen LogP contribution in [0.1, 0.15) is 23.6 Å². The highest BCUT2D eigenvalue weighted by Gasteiger charge is 2.33. The normalized spacial score (nSPS) is 16.9. The minimum atomic E-state index is -0.564. The molecule has 2 aromatic rings. The van der Waals surface area contributed by atoms with Gasteiger partial charge in [-0.15, -0.1) is 0 Å². The first kappa shape index (κ1) is 15.4. The maximum Gasteiger partial charge on any atom is 0.268 e. The molecule has 1 heterocycles. The number of fused-ring (bicyclic) bond motifs is 1. The number of nitrogens with zero attached hydrogens (tertiary/aromatic N) is 1. The van der Waals surface area contributed by atoms with E-state index in [4.69, 9.17) is 4.74 Å². The van der Waals surface area contributed by atoms with Crippen molar-refractivity contribution in [3.8, 4) is 11.5 Å². The summed E-state index contributed by atoms with van der Waals surface area (Å²) in [5.74, 6) is 0.657. The van der Waals surface area contributed by atoms with Gasteiger partial charge in [0.25, 0.3) is 5.91 Å². The van der Waals surface area contributed by atoms with Crippen LogP contribution in [0.4, 0.5) is 5.69 Å². The van der Waals surface area contributed by atoms with Crippen LogP contribution in [0.2, 0.25) is 0 Å². The lowest BCUT2D eigenvalue weighted by atomic mass is 10.0. The third-order valence-corrected chi connectivity index (χ3v) is 4.06. The number of phenols is 1. The predicted octanol–water partition coefficient (Wildman–Crippen LogP) is 3.37. The Bertz CT molecular complexity index is 734. The van der Waals surface area contributed by atoms with Gasteiger partial charge in [0.05, 0.1) is 5.69 Å². The molecule has 0 radical (unpaired) electrons. The van der Waals surface area contributed by atoms with Gasteiger partial charge in [0, 0.05) is 19.0 Å². The average Bonchev–Trinajstić information content (AvgIpc) is 2.47. The van der Waals surface area contributed by atoms with Gasteiger partial charge in [0.15, 0.2) is 6.10 Å². The minimum Gasteiger partial charge on any atom is -0.508 e. The Hall–Kier alpha value is -2.49. The minimum absolute atomic E-state index is 0.0372. The van der Waals surface area contributed by atoms with Crippen LogP contribution in [0.15, 0.2) is 36.4 Å². The number of ether oxygens (including phenoxy) is 1. The number of carbonyl (C=O) groups excluding carboxylic acids is 1. The summed E-state index contributed by atoms with van der Waals surface area (Å²) in [6, 6.07) is 11.1. The zero-order valence-corrected chi connectivity index (χ0v) is 13.7. The van der Waals surface area contributed by atoms with E-state index in [-0.39, 0.29) is 11.7 Å². The van der Waals surface area contributed by atoms with Crippen LogP contribution < -0.4 is 9.64 Å². The Morgan fingerprint density at radius 1 is 1.13 bits per heavy atom. The average molecular weight is 311 g/mol. The summed E-state index contributed by atoms with van der Waals surface area (Å²) in [6.45, 7) is 6.61. The Morgan fingerprint density at radius 3 is 2.48 bits per heavy atom. The molecule has 0 saturated heterocycles. The quantitative estimate of drug-likeness (QED) is 0.945. The summed E-state index contributed by atoms with van der Waals surface area (Å²) in [7, 11) is 0. The lowest BCUT2D eigenvalue weighted by molar-refractivity contribution is -0.126. The van der Waals surface area contributed by atoms with Gasteiger partial charge in [-0.3, -0.25) is 4.79 Å². The topological polar surface area (TPSA) is 49.8 Å². The fourth-order valence-corrected chi connectivity index (χ4v) is 3.17. The standard InChI is InChI=1S/C19H21NO3/c1-4-20-16-6-5-15(21)11-17(16)23-18(19(20)22)10-14-8-12(2)7-13(3)9-14/h5-9,11,18,21H,4,10H2,1-3H3. The predicted molar refractivity (Wildman–Crippen MR) is 90.2 cm³/mol. The molecule has 4 heteroatoms. The lowest BCUT2D eigenvalue weighted by Crippen LogP contribution is -2.46. The lowest BCUT2D eigenvalue weighted by Gasteiger charge is -2.34. The molecule has 0 saturated carbocycles. The number of hydrogen-bond acceptors (Lipinski definition) is 3. The third-order valence-electron chi connectivity index (χ3n) is 4.06. The van der Waals surface area contributed by atoms with Crippen LogP contribution >= 0.6 is 0 Å². The van der Waals surface area contributed by atoms with E-state index >= 15 is 0 Å². The van der Waals surface area contributed by atoms with Crippen molar-refractivity contribution in [3.05, 3.63) is 53.1 Å². The summed E-state index contributed by atoms with van der Waals surface area (Å²) in [5, 5.41) is 9.68. The van der Waals surface area contributed by atoms with E-state index in [9.17, 15) is 9.90 Å². The molecule has 0 aromatic heterocycles. The Kier molecular flexibility index (Phi) is 3.99. The molecular weight excluding hydrogens is 290 g/mol. The molecule has 1 amide bonds. The highest BCUT2D eigenvalue weighted by molar-refractivity contribution is 6.00. The zero-order valence-electron chi connectivity index (χ0n) is 13.7. The van der Waals surface area contributed by atoms with Gasteiger partial charge in [-0.2, -0.15) is 0 Å². The second kappa shape index (κ2) is 5.95. The highest BCUT2D eigenvalue weighted by atomic mass is 16.5. The molecular formula is C19H21NO3. The fourth-order valence-electron chi connectivity index (χ4n) is 3.17. The Balaban J connectivity index is 1.93. The number of phenolic OH excluding ortho intramolecular Hbond substituents is 1. The number of amides is 1. The molecule has 23 heavy (non-hydrogen) atoms. The number of rotatable bonds is 3. The van der Waals surface area contributed by atoms with Crippen LogP contribution in [-0.4, -0.2) is 23.7 Å². The van der Waals surface area contributed by atoms with Gasteiger partial charge >= 0.3 is 0 Å². The second-order valence-corrected chi connectivity index (χ2v) is 6.04. The number of anilines is 1. The molecule has 0 spiro atoms. The molecule has 120 valence electrons. The van der Waals surface area contributed by atoms with Gasteiger partial charge in [0.1, 0.15) is 11.5 Å². The molecule has 1 aliphatic heterocycles. The molecule has 3 rings (SSSR count). The molecule has 1 unspecified atom stereocenters.